The molecule has 7 heteroatoms. The van der Waals surface area contributed by atoms with Crippen molar-refractivity contribution in [3.05, 3.63) is 60.6 Å². The number of aryl methyl sites for hydroxylation is 1. The molecule has 0 saturated carbocycles. The highest BCUT2D eigenvalue weighted by Crippen LogP contribution is 2.32. The van der Waals surface area contributed by atoms with Gasteiger partial charge < -0.3 is 20.3 Å². The maximum Gasteiger partial charge on any atom is 0.248 e. The molecule has 7 nitrogen and oxygen atoms in total. The Balaban J connectivity index is 1.46. The summed E-state index contributed by atoms with van der Waals surface area (Å²) >= 11 is 0. The molecule has 144 valence electrons. The van der Waals surface area contributed by atoms with Gasteiger partial charge in [-0.15, -0.1) is 0 Å². The van der Waals surface area contributed by atoms with Gasteiger partial charge in [0.05, 0.1) is 0 Å². The third kappa shape index (κ3) is 3.83. The van der Waals surface area contributed by atoms with Crippen LogP contribution in [0.1, 0.15) is 12.5 Å². The highest BCUT2D eigenvalue weighted by atomic mass is 16.5. The number of hydrogen-bond acceptors (Lipinski definition) is 7. The van der Waals surface area contributed by atoms with E-state index in [4.69, 9.17) is 10.5 Å². The van der Waals surface area contributed by atoms with Gasteiger partial charge >= 0.3 is 0 Å². The molecule has 0 bridgehead atoms. The molecule has 0 spiro atoms. The van der Waals surface area contributed by atoms with Crippen molar-refractivity contribution in [3.8, 4) is 11.6 Å². The lowest BCUT2D eigenvalue weighted by molar-refractivity contribution is 0.463. The molecular formula is C21H24N6O. The first kappa shape index (κ1) is 18.0. The number of pyridine rings is 1. The summed E-state index contributed by atoms with van der Waals surface area (Å²) in [5.74, 6) is 2.82. The molecule has 0 amide bonds. The Morgan fingerprint density at radius 1 is 0.929 bits per heavy atom. The molecule has 2 aromatic heterocycles. The average Bonchev–Trinajstić information content (AvgIpc) is 2.76. The number of benzene rings is 1. The summed E-state index contributed by atoms with van der Waals surface area (Å²) in [4.78, 5) is 17.5. The van der Waals surface area contributed by atoms with E-state index in [0.29, 0.717) is 17.3 Å². The molecule has 0 aliphatic carbocycles. The summed E-state index contributed by atoms with van der Waals surface area (Å²) < 4.78 is 5.91. The van der Waals surface area contributed by atoms with Gasteiger partial charge in [0, 0.05) is 32.4 Å². The SMILES string of the molecule is CCc1ccc(Oc2ncnc(N3CCN(c4ccccn4)CC3)c2N)cc1. The minimum atomic E-state index is 0.390. The van der Waals surface area contributed by atoms with Crippen molar-refractivity contribution in [2.75, 3.05) is 41.7 Å². The monoisotopic (exact) mass is 376 g/mol. The van der Waals surface area contributed by atoms with Crippen molar-refractivity contribution in [1.29, 1.82) is 0 Å². The second-order valence-electron chi connectivity index (χ2n) is 6.68. The molecule has 4 rings (SSSR count). The Morgan fingerprint density at radius 2 is 1.68 bits per heavy atom. The fourth-order valence-electron chi connectivity index (χ4n) is 3.30. The van der Waals surface area contributed by atoms with Crippen LogP contribution >= 0.6 is 0 Å². The fourth-order valence-corrected chi connectivity index (χ4v) is 3.30. The minimum Gasteiger partial charge on any atom is -0.437 e. The van der Waals surface area contributed by atoms with E-state index < -0.39 is 0 Å². The van der Waals surface area contributed by atoms with Gasteiger partial charge in [-0.2, -0.15) is 4.98 Å². The first-order valence-electron chi connectivity index (χ1n) is 9.53. The van der Waals surface area contributed by atoms with Gasteiger partial charge in [0.2, 0.25) is 5.88 Å². The van der Waals surface area contributed by atoms with E-state index in [1.54, 1.807) is 0 Å². The van der Waals surface area contributed by atoms with Crippen LogP contribution in [0, 0.1) is 0 Å². The lowest BCUT2D eigenvalue weighted by atomic mass is 10.2. The number of nitrogens with zero attached hydrogens (tertiary/aromatic N) is 5. The molecule has 1 fully saturated rings. The summed E-state index contributed by atoms with van der Waals surface area (Å²) in [6.07, 6.45) is 4.32. The van der Waals surface area contributed by atoms with Crippen LogP contribution in [0.4, 0.5) is 17.3 Å². The van der Waals surface area contributed by atoms with E-state index in [1.807, 2.05) is 48.7 Å². The standard InChI is InChI=1S/C21H24N6O/c1-2-16-6-8-17(9-7-16)28-21-19(22)20(24-15-25-21)27-13-11-26(12-14-27)18-5-3-4-10-23-18/h3-10,15H,2,11-14,22H2,1H3. The summed E-state index contributed by atoms with van der Waals surface area (Å²) in [6.45, 7) is 5.45. The summed E-state index contributed by atoms with van der Waals surface area (Å²) in [5.41, 5.74) is 8.07. The molecule has 3 heterocycles. The van der Waals surface area contributed by atoms with Crippen LogP contribution in [-0.4, -0.2) is 41.1 Å². The molecule has 1 aliphatic heterocycles. The van der Waals surface area contributed by atoms with Crippen LogP contribution in [0.25, 0.3) is 0 Å². The summed E-state index contributed by atoms with van der Waals surface area (Å²) in [6, 6.07) is 13.9. The topological polar surface area (TPSA) is 80.4 Å². The number of anilines is 3. The van der Waals surface area contributed by atoms with Gasteiger partial charge in [-0.25, -0.2) is 9.97 Å². The van der Waals surface area contributed by atoms with Crippen molar-refractivity contribution < 1.29 is 4.74 Å². The van der Waals surface area contributed by atoms with Crippen LogP contribution in [0.3, 0.4) is 0 Å². The average molecular weight is 376 g/mol. The van der Waals surface area contributed by atoms with Crippen LogP contribution < -0.4 is 20.3 Å². The number of rotatable bonds is 5. The molecule has 3 aromatic rings. The Labute approximate surface area is 164 Å². The number of nitrogen functional groups attached to an aromatic ring is 1. The summed E-state index contributed by atoms with van der Waals surface area (Å²) in [7, 11) is 0. The quantitative estimate of drug-likeness (QED) is 0.733. The first-order chi connectivity index (χ1) is 13.7. The van der Waals surface area contributed by atoms with Crippen molar-refractivity contribution >= 4 is 17.3 Å². The molecule has 2 N–H and O–H groups in total. The lowest BCUT2D eigenvalue weighted by Gasteiger charge is -2.36. The number of ether oxygens (including phenoxy) is 1. The third-order valence-electron chi connectivity index (χ3n) is 4.92. The second kappa shape index (κ2) is 8.12. The van der Waals surface area contributed by atoms with Crippen molar-refractivity contribution in [3.63, 3.8) is 0 Å². The fraction of sp³-hybridized carbons (Fsp3) is 0.286. The Bertz CT molecular complexity index is 908. The Morgan fingerprint density at radius 3 is 2.36 bits per heavy atom. The highest BCUT2D eigenvalue weighted by molar-refractivity contribution is 5.68. The number of nitrogens with two attached hydrogens (primary N) is 1. The molecule has 28 heavy (non-hydrogen) atoms. The zero-order chi connectivity index (χ0) is 19.3. The normalized spacial score (nSPS) is 14.2. The van der Waals surface area contributed by atoms with Crippen LogP contribution in [0.15, 0.2) is 55.0 Å². The smallest absolute Gasteiger partial charge is 0.248 e. The van der Waals surface area contributed by atoms with Crippen molar-refractivity contribution in [2.45, 2.75) is 13.3 Å². The molecule has 0 unspecified atom stereocenters. The van der Waals surface area contributed by atoms with Gasteiger partial charge in [-0.3, -0.25) is 0 Å². The zero-order valence-electron chi connectivity index (χ0n) is 16.0. The number of hydrogen-bond donors (Lipinski definition) is 1. The predicted octanol–water partition coefficient (Wildman–Crippen LogP) is 3.14. The van der Waals surface area contributed by atoms with E-state index in [9.17, 15) is 0 Å². The van der Waals surface area contributed by atoms with Crippen LogP contribution in [-0.2, 0) is 6.42 Å². The molecule has 1 aromatic carbocycles. The second-order valence-corrected chi connectivity index (χ2v) is 6.68. The molecule has 1 saturated heterocycles. The molecule has 1 aliphatic rings. The largest absolute Gasteiger partial charge is 0.437 e. The Hall–Kier alpha value is -3.35. The zero-order valence-corrected chi connectivity index (χ0v) is 16.0. The van der Waals surface area contributed by atoms with E-state index in [-0.39, 0.29) is 0 Å². The van der Waals surface area contributed by atoms with Crippen LogP contribution in [0.2, 0.25) is 0 Å². The van der Waals surface area contributed by atoms with E-state index in [1.165, 1.54) is 11.9 Å². The number of piperazine rings is 1. The third-order valence-corrected chi connectivity index (χ3v) is 4.92. The Kier molecular flexibility index (Phi) is 5.23. The first-order valence-corrected chi connectivity index (χ1v) is 9.53. The minimum absolute atomic E-state index is 0.390. The van der Waals surface area contributed by atoms with E-state index >= 15 is 0 Å². The van der Waals surface area contributed by atoms with Gasteiger partial charge in [0.15, 0.2) is 5.82 Å². The lowest BCUT2D eigenvalue weighted by Crippen LogP contribution is -2.47. The highest BCUT2D eigenvalue weighted by Gasteiger charge is 2.22. The maximum atomic E-state index is 6.35. The molecule has 0 atom stereocenters. The predicted molar refractivity (Wildman–Crippen MR) is 111 cm³/mol. The maximum absolute atomic E-state index is 6.35. The molecular weight excluding hydrogens is 352 g/mol. The van der Waals surface area contributed by atoms with Gasteiger partial charge in [0.25, 0.3) is 0 Å². The van der Waals surface area contributed by atoms with Gasteiger partial charge in [-0.1, -0.05) is 25.1 Å². The van der Waals surface area contributed by atoms with Gasteiger partial charge in [0.1, 0.15) is 23.6 Å². The van der Waals surface area contributed by atoms with E-state index in [0.717, 1.165) is 44.2 Å². The summed E-state index contributed by atoms with van der Waals surface area (Å²) in [5, 5.41) is 0. The van der Waals surface area contributed by atoms with Crippen molar-refractivity contribution in [2.24, 2.45) is 0 Å². The van der Waals surface area contributed by atoms with Gasteiger partial charge in [-0.05, 0) is 36.2 Å². The van der Waals surface area contributed by atoms with Crippen LogP contribution in [0.5, 0.6) is 11.6 Å². The molecule has 0 radical (unpaired) electrons. The van der Waals surface area contributed by atoms with Crippen molar-refractivity contribution in [1.82, 2.24) is 15.0 Å². The van der Waals surface area contributed by atoms with E-state index in [2.05, 4.69) is 31.7 Å². The number of aromatic nitrogens is 3.